The Balaban J connectivity index is 1.93. The van der Waals surface area contributed by atoms with E-state index in [9.17, 15) is 0 Å². The molecule has 3 rings (SSSR count). The zero-order valence-corrected chi connectivity index (χ0v) is 13.8. The molecule has 0 N–H and O–H groups in total. The molecule has 0 saturated carbocycles. The second-order valence-electron chi connectivity index (χ2n) is 5.72. The third kappa shape index (κ3) is 4.23. The van der Waals surface area contributed by atoms with Gasteiger partial charge in [-0.3, -0.25) is 0 Å². The van der Waals surface area contributed by atoms with Gasteiger partial charge in [-0.25, -0.2) is 4.98 Å². The molecular formula is C22H22NO. The summed E-state index contributed by atoms with van der Waals surface area (Å²) in [5.41, 5.74) is 4.32. The molecule has 0 spiro atoms. The van der Waals surface area contributed by atoms with E-state index in [-0.39, 0.29) is 0 Å². The van der Waals surface area contributed by atoms with Crippen LogP contribution in [0.4, 0.5) is 0 Å². The first-order valence-electron chi connectivity index (χ1n) is 8.42. The average molecular weight is 316 g/mol. The van der Waals surface area contributed by atoms with E-state index in [1.54, 1.807) is 0 Å². The van der Waals surface area contributed by atoms with E-state index in [2.05, 4.69) is 42.2 Å². The van der Waals surface area contributed by atoms with Crippen LogP contribution in [0.5, 0.6) is 5.88 Å². The number of pyridine rings is 1. The van der Waals surface area contributed by atoms with Gasteiger partial charge < -0.3 is 4.74 Å². The van der Waals surface area contributed by atoms with Gasteiger partial charge in [0.25, 0.3) is 0 Å². The van der Waals surface area contributed by atoms with Gasteiger partial charge in [0.15, 0.2) is 0 Å². The Labute approximate surface area is 144 Å². The van der Waals surface area contributed by atoms with E-state index in [0.717, 1.165) is 36.1 Å². The second kappa shape index (κ2) is 8.30. The lowest BCUT2D eigenvalue weighted by Gasteiger charge is -2.11. The van der Waals surface area contributed by atoms with E-state index in [1.165, 1.54) is 5.56 Å². The van der Waals surface area contributed by atoms with E-state index in [4.69, 9.17) is 4.74 Å². The Morgan fingerprint density at radius 2 is 1.42 bits per heavy atom. The Bertz CT molecular complexity index is 696. The third-order valence-corrected chi connectivity index (χ3v) is 3.87. The quantitative estimate of drug-likeness (QED) is 0.514. The van der Waals surface area contributed by atoms with Crippen LogP contribution >= 0.6 is 0 Å². The molecule has 1 heterocycles. The predicted molar refractivity (Wildman–Crippen MR) is 99.8 cm³/mol. The number of nitrogens with zero attached hydrogens (tertiary/aromatic N) is 1. The molecule has 1 aromatic heterocycles. The Morgan fingerprint density at radius 3 is 2.08 bits per heavy atom. The molecule has 0 unspecified atom stereocenters. The Kier molecular flexibility index (Phi) is 5.62. The molecule has 1 radical (unpaired) electrons. The summed E-state index contributed by atoms with van der Waals surface area (Å²) in [6.07, 6.45) is 3.02. The number of hydrogen-bond acceptors (Lipinski definition) is 2. The van der Waals surface area contributed by atoms with E-state index >= 15 is 0 Å². The van der Waals surface area contributed by atoms with Crippen LogP contribution in [-0.4, -0.2) is 11.6 Å². The molecule has 0 aliphatic rings. The van der Waals surface area contributed by atoms with Crippen molar-refractivity contribution < 1.29 is 4.74 Å². The number of benzene rings is 2. The summed E-state index contributed by atoms with van der Waals surface area (Å²) in [6, 6.07) is 24.7. The summed E-state index contributed by atoms with van der Waals surface area (Å²) in [7, 11) is 0. The first-order valence-corrected chi connectivity index (χ1v) is 8.42. The molecule has 2 aromatic carbocycles. The summed E-state index contributed by atoms with van der Waals surface area (Å²) in [5, 5.41) is 0. The number of rotatable bonds is 7. The predicted octanol–water partition coefficient (Wildman–Crippen LogP) is 5.80. The minimum atomic E-state index is 0.676. The number of hydrogen-bond donors (Lipinski definition) is 0. The van der Waals surface area contributed by atoms with Crippen LogP contribution < -0.4 is 4.74 Å². The van der Waals surface area contributed by atoms with E-state index < -0.39 is 0 Å². The van der Waals surface area contributed by atoms with Crippen LogP contribution in [0, 0.1) is 6.92 Å². The fourth-order valence-electron chi connectivity index (χ4n) is 2.59. The smallest absolute Gasteiger partial charge is 0.214 e. The molecule has 0 fully saturated rings. The summed E-state index contributed by atoms with van der Waals surface area (Å²) in [5.74, 6) is 0.680. The van der Waals surface area contributed by atoms with Crippen LogP contribution in [0.15, 0.2) is 72.8 Å². The zero-order chi connectivity index (χ0) is 16.6. The van der Waals surface area contributed by atoms with Crippen molar-refractivity contribution in [1.82, 2.24) is 4.98 Å². The molecule has 121 valence electrons. The van der Waals surface area contributed by atoms with Crippen molar-refractivity contribution in [2.24, 2.45) is 0 Å². The summed E-state index contributed by atoms with van der Waals surface area (Å²) in [4.78, 5) is 4.69. The third-order valence-electron chi connectivity index (χ3n) is 3.87. The molecule has 2 heteroatoms. The lowest BCUT2D eigenvalue weighted by atomic mass is 10.0. The molecule has 0 aliphatic carbocycles. The van der Waals surface area contributed by atoms with Crippen molar-refractivity contribution in [3.8, 4) is 28.3 Å². The highest BCUT2D eigenvalue weighted by molar-refractivity contribution is 5.71. The summed E-state index contributed by atoms with van der Waals surface area (Å²) in [6.45, 7) is 4.54. The van der Waals surface area contributed by atoms with Crippen molar-refractivity contribution in [3.05, 3.63) is 79.7 Å². The minimum absolute atomic E-state index is 0.676. The minimum Gasteiger partial charge on any atom is -0.478 e. The van der Waals surface area contributed by atoms with Crippen LogP contribution in [0.2, 0.25) is 0 Å². The van der Waals surface area contributed by atoms with Crippen LogP contribution in [-0.2, 0) is 0 Å². The molecule has 0 atom stereocenters. The molecule has 0 saturated heterocycles. The summed E-state index contributed by atoms with van der Waals surface area (Å²) < 4.78 is 5.89. The van der Waals surface area contributed by atoms with Crippen LogP contribution in [0.1, 0.15) is 19.3 Å². The van der Waals surface area contributed by atoms with Gasteiger partial charge in [0.1, 0.15) is 0 Å². The van der Waals surface area contributed by atoms with Crippen LogP contribution in [0.3, 0.4) is 0 Å². The first-order chi connectivity index (χ1) is 11.9. The molecule has 24 heavy (non-hydrogen) atoms. The lowest BCUT2D eigenvalue weighted by Crippen LogP contribution is -2.00. The van der Waals surface area contributed by atoms with Gasteiger partial charge in [0.2, 0.25) is 5.88 Å². The zero-order valence-electron chi connectivity index (χ0n) is 13.8. The average Bonchev–Trinajstić information content (AvgIpc) is 2.66. The van der Waals surface area contributed by atoms with Crippen molar-refractivity contribution >= 4 is 0 Å². The van der Waals surface area contributed by atoms with Crippen molar-refractivity contribution in [1.29, 1.82) is 0 Å². The maximum Gasteiger partial charge on any atom is 0.214 e. The fourth-order valence-corrected chi connectivity index (χ4v) is 2.59. The van der Waals surface area contributed by atoms with Crippen molar-refractivity contribution in [2.75, 3.05) is 6.61 Å². The summed E-state index contributed by atoms with van der Waals surface area (Å²) >= 11 is 0. The first kappa shape index (κ1) is 16.3. The Hall–Kier alpha value is -2.61. The van der Waals surface area contributed by atoms with Gasteiger partial charge in [-0.1, -0.05) is 80.4 Å². The normalized spacial score (nSPS) is 10.5. The van der Waals surface area contributed by atoms with Gasteiger partial charge in [0, 0.05) is 11.6 Å². The van der Waals surface area contributed by atoms with Crippen molar-refractivity contribution in [3.63, 3.8) is 0 Å². The van der Waals surface area contributed by atoms with E-state index in [1.807, 2.05) is 42.5 Å². The fraction of sp³-hybridized carbons (Fsp3) is 0.182. The van der Waals surface area contributed by atoms with Gasteiger partial charge in [-0.05, 0) is 23.6 Å². The van der Waals surface area contributed by atoms with Crippen LogP contribution in [0.25, 0.3) is 22.4 Å². The SMILES string of the molecule is [CH2]CCCCOc1cc(-c2ccccc2)cc(-c2ccccc2)n1. The van der Waals surface area contributed by atoms with Crippen molar-refractivity contribution in [2.45, 2.75) is 19.3 Å². The highest BCUT2D eigenvalue weighted by atomic mass is 16.5. The van der Waals surface area contributed by atoms with Gasteiger partial charge in [-0.15, -0.1) is 0 Å². The maximum absolute atomic E-state index is 5.89. The van der Waals surface area contributed by atoms with Gasteiger partial charge >= 0.3 is 0 Å². The van der Waals surface area contributed by atoms with Gasteiger partial charge in [-0.2, -0.15) is 0 Å². The largest absolute Gasteiger partial charge is 0.478 e. The number of unbranched alkanes of at least 4 members (excludes halogenated alkanes) is 2. The highest BCUT2D eigenvalue weighted by Gasteiger charge is 2.07. The molecule has 0 aliphatic heterocycles. The topological polar surface area (TPSA) is 22.1 Å². The highest BCUT2D eigenvalue weighted by Crippen LogP contribution is 2.28. The second-order valence-corrected chi connectivity index (χ2v) is 5.72. The molecule has 3 aromatic rings. The molecular weight excluding hydrogens is 294 g/mol. The Morgan fingerprint density at radius 1 is 0.750 bits per heavy atom. The lowest BCUT2D eigenvalue weighted by molar-refractivity contribution is 0.296. The maximum atomic E-state index is 5.89. The monoisotopic (exact) mass is 316 g/mol. The molecule has 2 nitrogen and oxygen atoms in total. The molecule has 0 amide bonds. The standard InChI is InChI=1S/C22H22NO/c1-2-3-10-15-24-22-17-20(18-11-6-4-7-12-18)16-21(23-22)19-13-8-5-9-14-19/h4-9,11-14,16-17H,1-3,10,15H2. The van der Waals surface area contributed by atoms with E-state index in [0.29, 0.717) is 12.5 Å². The molecule has 0 bridgehead atoms. The number of ether oxygens (including phenoxy) is 1. The number of aromatic nitrogens is 1. The van der Waals surface area contributed by atoms with Gasteiger partial charge in [0.05, 0.1) is 12.3 Å².